The van der Waals surface area contributed by atoms with E-state index in [1.54, 1.807) is 11.3 Å². The van der Waals surface area contributed by atoms with Crippen LogP contribution in [0.25, 0.3) is 120 Å². The van der Waals surface area contributed by atoms with Crippen LogP contribution in [-0.4, -0.2) is 4.98 Å². The molecule has 0 amide bonds. The molecule has 65 heavy (non-hydrogen) atoms. The Hall–Kier alpha value is -8.17. The average Bonchev–Trinajstić information content (AvgIpc) is 3.83. The van der Waals surface area contributed by atoms with Crippen molar-refractivity contribution in [2.24, 2.45) is 0 Å². The van der Waals surface area contributed by atoms with E-state index in [9.17, 15) is 0 Å². The molecule has 0 saturated heterocycles. The van der Waals surface area contributed by atoms with Crippen molar-refractivity contribution in [3.05, 3.63) is 249 Å². The maximum Gasteiger partial charge on any atom is 0.124 e. The molecule has 12 aromatic rings. The highest BCUT2D eigenvalue weighted by Gasteiger charge is 2.20. The minimum Gasteiger partial charge on any atom is -0.236 e. The van der Waals surface area contributed by atoms with E-state index >= 15 is 0 Å². The quantitative estimate of drug-likeness (QED) is 0.139. The molecule has 0 bridgehead atoms. The third kappa shape index (κ3) is 7.30. The maximum absolute atomic E-state index is 4.97. The van der Waals surface area contributed by atoms with E-state index in [-0.39, 0.29) is 0 Å². The normalized spacial score (nSPS) is 11.4. The van der Waals surface area contributed by atoms with E-state index in [2.05, 4.69) is 249 Å². The van der Waals surface area contributed by atoms with Crippen molar-refractivity contribution >= 4 is 43.1 Å². The lowest BCUT2D eigenvalue weighted by molar-refractivity contribution is 1.48. The third-order valence-electron chi connectivity index (χ3n) is 12.7. The molecule has 0 saturated carbocycles. The van der Waals surface area contributed by atoms with Crippen molar-refractivity contribution < 1.29 is 0 Å². The number of hydrogen-bond acceptors (Lipinski definition) is 2. The minimum absolute atomic E-state index is 1.04. The van der Waals surface area contributed by atoms with E-state index in [0.717, 1.165) is 21.7 Å². The highest BCUT2D eigenvalue weighted by atomic mass is 32.1. The highest BCUT2D eigenvalue weighted by Crippen LogP contribution is 2.48. The predicted octanol–water partition coefficient (Wildman–Crippen LogP) is 17.9. The first-order chi connectivity index (χ1) is 32.2. The maximum atomic E-state index is 4.97. The van der Waals surface area contributed by atoms with E-state index in [1.807, 2.05) is 0 Å². The summed E-state index contributed by atoms with van der Waals surface area (Å²) in [5, 5.41) is 5.90. The second-order valence-electron chi connectivity index (χ2n) is 16.7. The number of nitrogens with zero attached hydrogens (tertiary/aromatic N) is 1. The number of para-hydroxylation sites is 1. The fourth-order valence-electron chi connectivity index (χ4n) is 9.51. The Kier molecular flexibility index (Phi) is 9.78. The van der Waals surface area contributed by atoms with Crippen LogP contribution in [0.2, 0.25) is 0 Å². The smallest absolute Gasteiger partial charge is 0.124 e. The molecular formula is C63H41NS. The summed E-state index contributed by atoms with van der Waals surface area (Å²) in [6, 6.07) is 90.8. The molecule has 0 aliphatic rings. The Balaban J connectivity index is 1.13. The van der Waals surface area contributed by atoms with Crippen LogP contribution < -0.4 is 0 Å². The predicted molar refractivity (Wildman–Crippen MR) is 278 cm³/mol. The van der Waals surface area contributed by atoms with Crippen LogP contribution in [0.15, 0.2) is 249 Å². The molecule has 0 atom stereocenters. The van der Waals surface area contributed by atoms with Crippen LogP contribution in [0, 0.1) is 0 Å². The van der Waals surface area contributed by atoms with E-state index < -0.39 is 0 Å². The van der Waals surface area contributed by atoms with Crippen LogP contribution in [0.1, 0.15) is 0 Å². The number of hydrogen-bond donors (Lipinski definition) is 0. The van der Waals surface area contributed by atoms with Gasteiger partial charge in [-0.1, -0.05) is 194 Å². The van der Waals surface area contributed by atoms with Crippen LogP contribution in [0.3, 0.4) is 0 Å². The van der Waals surface area contributed by atoms with Gasteiger partial charge in [-0.05, 0) is 154 Å². The number of fused-ring (bicyclic) bond motifs is 3. The lowest BCUT2D eigenvalue weighted by Crippen LogP contribution is -1.94. The summed E-state index contributed by atoms with van der Waals surface area (Å²) in [6.07, 6.45) is 0. The van der Waals surface area contributed by atoms with E-state index in [4.69, 9.17) is 4.98 Å². The largest absolute Gasteiger partial charge is 0.236 e. The third-order valence-corrected chi connectivity index (χ3v) is 13.7. The molecule has 0 spiro atoms. The SMILES string of the molecule is c1ccc(-c2cc(-c3ccccc3)cc(-c3c4ccccc4c(-c4cc(-c5ccccc5)cc(-c5ccccc5)c4)c4cc(-c5ccc(-c6nc7ccccc7s6)cc5)ccc34)c2)cc1. The molecule has 2 heteroatoms. The molecule has 0 N–H and O–H groups in total. The summed E-state index contributed by atoms with van der Waals surface area (Å²) in [5.74, 6) is 0. The highest BCUT2D eigenvalue weighted by molar-refractivity contribution is 7.21. The molecule has 1 aromatic heterocycles. The average molecular weight is 844 g/mol. The van der Waals surface area contributed by atoms with Gasteiger partial charge in [-0.15, -0.1) is 11.3 Å². The molecule has 1 heterocycles. The number of thiazole rings is 1. The Morgan fingerprint density at radius 3 is 1.06 bits per heavy atom. The summed E-state index contributed by atoms with van der Waals surface area (Å²) >= 11 is 1.74. The zero-order valence-corrected chi connectivity index (χ0v) is 36.3. The molecular weight excluding hydrogens is 803 g/mol. The first-order valence-corrected chi connectivity index (χ1v) is 23.0. The van der Waals surface area contributed by atoms with E-state index in [0.29, 0.717) is 0 Å². The fourth-order valence-corrected chi connectivity index (χ4v) is 10.5. The van der Waals surface area contributed by atoms with Gasteiger partial charge in [0.1, 0.15) is 5.01 Å². The number of aromatic nitrogens is 1. The minimum atomic E-state index is 1.04. The molecule has 0 aliphatic heterocycles. The van der Waals surface area contributed by atoms with Gasteiger partial charge in [0.05, 0.1) is 10.2 Å². The van der Waals surface area contributed by atoms with Crippen molar-refractivity contribution in [3.8, 4) is 88.5 Å². The van der Waals surface area contributed by atoms with Gasteiger partial charge >= 0.3 is 0 Å². The monoisotopic (exact) mass is 843 g/mol. The molecule has 12 rings (SSSR count). The van der Waals surface area contributed by atoms with Gasteiger partial charge in [-0.2, -0.15) is 0 Å². The Morgan fingerprint density at radius 2 is 0.585 bits per heavy atom. The lowest BCUT2D eigenvalue weighted by atomic mass is 9.82. The molecule has 304 valence electrons. The van der Waals surface area contributed by atoms with Crippen molar-refractivity contribution in [3.63, 3.8) is 0 Å². The summed E-state index contributed by atoms with van der Waals surface area (Å²) in [6.45, 7) is 0. The zero-order valence-electron chi connectivity index (χ0n) is 35.5. The second kappa shape index (κ2) is 16.5. The first kappa shape index (κ1) is 38.5. The van der Waals surface area contributed by atoms with Crippen molar-refractivity contribution in [2.45, 2.75) is 0 Å². The Bertz CT molecular complexity index is 3520. The molecule has 11 aromatic carbocycles. The number of rotatable bonds is 8. The van der Waals surface area contributed by atoms with Gasteiger partial charge in [-0.25, -0.2) is 4.98 Å². The number of benzene rings is 11. The van der Waals surface area contributed by atoms with Crippen molar-refractivity contribution in [1.82, 2.24) is 4.98 Å². The first-order valence-electron chi connectivity index (χ1n) is 22.2. The molecule has 0 radical (unpaired) electrons. The molecule has 1 nitrogen and oxygen atoms in total. The van der Waals surface area contributed by atoms with Gasteiger partial charge < -0.3 is 0 Å². The summed E-state index contributed by atoms with van der Waals surface area (Å²) in [7, 11) is 0. The van der Waals surface area contributed by atoms with Gasteiger partial charge in [0, 0.05) is 5.56 Å². The van der Waals surface area contributed by atoms with Gasteiger partial charge in [0.25, 0.3) is 0 Å². The van der Waals surface area contributed by atoms with Crippen molar-refractivity contribution in [2.75, 3.05) is 0 Å². The van der Waals surface area contributed by atoms with Crippen LogP contribution in [-0.2, 0) is 0 Å². The zero-order chi connectivity index (χ0) is 43.1. The summed E-state index contributed by atoms with van der Waals surface area (Å²) < 4.78 is 1.20. The van der Waals surface area contributed by atoms with Crippen LogP contribution >= 0.6 is 11.3 Å². The lowest BCUT2D eigenvalue weighted by Gasteiger charge is -2.21. The molecule has 0 unspecified atom stereocenters. The molecule has 0 aliphatic carbocycles. The Morgan fingerprint density at radius 1 is 0.231 bits per heavy atom. The molecule has 0 fully saturated rings. The fraction of sp³-hybridized carbons (Fsp3) is 0. The summed E-state index contributed by atoms with van der Waals surface area (Å²) in [5.41, 5.74) is 18.9. The Labute approximate surface area is 383 Å². The van der Waals surface area contributed by atoms with Crippen LogP contribution in [0.5, 0.6) is 0 Å². The van der Waals surface area contributed by atoms with Crippen molar-refractivity contribution in [1.29, 1.82) is 0 Å². The van der Waals surface area contributed by atoms with E-state index in [1.165, 1.54) is 98.6 Å². The summed E-state index contributed by atoms with van der Waals surface area (Å²) in [4.78, 5) is 4.97. The van der Waals surface area contributed by atoms with Crippen LogP contribution in [0.4, 0.5) is 0 Å². The standard InChI is InChI=1S/C63H41NS/c1-5-17-42(18-6-1)49-35-50(43-19-7-2-8-20-43)38-53(37-49)61-55-25-13-14-26-56(55)62(54-39-51(44-21-9-3-10-22-44)36-52(40-54)45-23-11-4-12-24-45)58-41-48(33-34-57(58)61)46-29-31-47(32-30-46)63-64-59-27-15-16-28-60(59)65-63/h1-41H. The van der Waals surface area contributed by atoms with Gasteiger partial charge in [0.2, 0.25) is 0 Å². The second-order valence-corrected chi connectivity index (χ2v) is 17.7. The topological polar surface area (TPSA) is 12.9 Å². The van der Waals surface area contributed by atoms with Gasteiger partial charge in [-0.3, -0.25) is 0 Å². The van der Waals surface area contributed by atoms with Gasteiger partial charge in [0.15, 0.2) is 0 Å².